The Balaban J connectivity index is 2.41. The van der Waals surface area contributed by atoms with Gasteiger partial charge in [-0.2, -0.15) is 0 Å². The first-order valence-electron chi connectivity index (χ1n) is 8.85. The van der Waals surface area contributed by atoms with Crippen molar-refractivity contribution >= 4 is 6.09 Å². The third-order valence-electron chi connectivity index (χ3n) is 4.19. The first kappa shape index (κ1) is 20.2. The lowest BCUT2D eigenvalue weighted by Crippen LogP contribution is -2.51. The lowest BCUT2D eigenvalue weighted by atomic mass is 10.1. The lowest BCUT2D eigenvalue weighted by molar-refractivity contribution is 0.00658. The first-order valence-corrected chi connectivity index (χ1v) is 8.85. The lowest BCUT2D eigenvalue weighted by Gasteiger charge is -2.37. The molecule has 1 amide bonds. The van der Waals surface area contributed by atoms with Crippen molar-refractivity contribution in [3.63, 3.8) is 0 Å². The molecule has 0 aromatic rings. The number of hydrogen-bond donors (Lipinski definition) is 1. The van der Waals surface area contributed by atoms with Crippen molar-refractivity contribution in [3.05, 3.63) is 0 Å². The summed E-state index contributed by atoms with van der Waals surface area (Å²) >= 11 is 0. The molecule has 0 radical (unpaired) electrons. The molecule has 0 saturated heterocycles. The fourth-order valence-electron chi connectivity index (χ4n) is 2.51. The second-order valence-corrected chi connectivity index (χ2v) is 8.75. The van der Waals surface area contributed by atoms with Crippen LogP contribution in [0.25, 0.3) is 0 Å². The summed E-state index contributed by atoms with van der Waals surface area (Å²) in [4.78, 5) is 16.7. The maximum absolute atomic E-state index is 12.4. The zero-order valence-corrected chi connectivity index (χ0v) is 16.4. The van der Waals surface area contributed by atoms with E-state index in [0.717, 1.165) is 19.1 Å². The molecule has 1 unspecified atom stereocenters. The number of likely N-dealkylation sites (N-methyl/N-ethyl adjacent to an activating group) is 1. The van der Waals surface area contributed by atoms with Crippen LogP contribution in [0.15, 0.2) is 0 Å². The predicted molar refractivity (Wildman–Crippen MR) is 95.8 cm³/mol. The monoisotopic (exact) mass is 327 g/mol. The summed E-state index contributed by atoms with van der Waals surface area (Å²) < 4.78 is 5.53. The van der Waals surface area contributed by atoms with E-state index in [4.69, 9.17) is 4.74 Å². The standard InChI is InChI=1S/C18H37N3O2/c1-14(20(8)15-9-10-15)13-19-11-12-21(17(2,3)4)16(22)23-18(5,6)7/h14-15,19H,9-13H2,1-8H3. The summed E-state index contributed by atoms with van der Waals surface area (Å²) in [5, 5.41) is 3.48. The molecule has 1 N–H and O–H groups in total. The van der Waals surface area contributed by atoms with Crippen LogP contribution < -0.4 is 5.32 Å². The van der Waals surface area contributed by atoms with E-state index in [1.807, 2.05) is 41.5 Å². The zero-order valence-electron chi connectivity index (χ0n) is 16.4. The highest BCUT2D eigenvalue weighted by Crippen LogP contribution is 2.26. The van der Waals surface area contributed by atoms with Crippen molar-refractivity contribution in [3.8, 4) is 0 Å². The molecule has 1 atom stereocenters. The molecule has 0 aliphatic heterocycles. The Morgan fingerprint density at radius 1 is 1.22 bits per heavy atom. The maximum Gasteiger partial charge on any atom is 0.410 e. The summed E-state index contributed by atoms with van der Waals surface area (Å²) in [6.07, 6.45) is 2.42. The highest BCUT2D eigenvalue weighted by Gasteiger charge is 2.31. The number of nitrogens with zero attached hydrogens (tertiary/aromatic N) is 2. The number of hydrogen-bond acceptors (Lipinski definition) is 4. The number of carbonyl (C=O) groups excluding carboxylic acids is 1. The van der Waals surface area contributed by atoms with Gasteiger partial charge in [0.1, 0.15) is 5.60 Å². The van der Waals surface area contributed by atoms with Crippen LogP contribution in [0.4, 0.5) is 4.79 Å². The van der Waals surface area contributed by atoms with Gasteiger partial charge in [-0.25, -0.2) is 4.79 Å². The molecule has 1 rings (SSSR count). The zero-order chi connectivity index (χ0) is 17.8. The predicted octanol–water partition coefficient (Wildman–Crippen LogP) is 3.09. The van der Waals surface area contributed by atoms with Crippen LogP contribution in [0, 0.1) is 0 Å². The number of carbonyl (C=O) groups is 1. The Labute approximate surface area is 142 Å². The second-order valence-electron chi connectivity index (χ2n) is 8.75. The second kappa shape index (κ2) is 7.84. The van der Waals surface area contributed by atoms with Crippen molar-refractivity contribution in [2.45, 2.75) is 84.5 Å². The molecular weight excluding hydrogens is 290 g/mol. The highest BCUT2D eigenvalue weighted by molar-refractivity contribution is 5.69. The Morgan fingerprint density at radius 2 is 1.78 bits per heavy atom. The average molecular weight is 328 g/mol. The van der Waals surface area contributed by atoms with Crippen LogP contribution in [-0.2, 0) is 4.74 Å². The molecule has 0 aromatic carbocycles. The number of nitrogens with one attached hydrogen (secondary N) is 1. The SMILES string of the molecule is CC(CNCCN(C(=O)OC(C)(C)C)C(C)(C)C)N(C)C1CC1. The first-order chi connectivity index (χ1) is 10.4. The van der Waals surface area contributed by atoms with Crippen molar-refractivity contribution in [1.29, 1.82) is 0 Å². The minimum Gasteiger partial charge on any atom is -0.444 e. The maximum atomic E-state index is 12.4. The number of ether oxygens (including phenoxy) is 1. The minimum absolute atomic E-state index is 0.241. The van der Waals surface area contributed by atoms with Gasteiger partial charge in [0.25, 0.3) is 0 Å². The fraction of sp³-hybridized carbons (Fsp3) is 0.944. The van der Waals surface area contributed by atoms with Gasteiger partial charge in [-0.05, 0) is 68.4 Å². The van der Waals surface area contributed by atoms with Crippen LogP contribution in [-0.4, -0.2) is 65.8 Å². The van der Waals surface area contributed by atoms with Crippen molar-refractivity contribution in [2.75, 3.05) is 26.7 Å². The average Bonchev–Trinajstić information content (AvgIpc) is 3.17. The molecular formula is C18H37N3O2. The van der Waals surface area contributed by atoms with Gasteiger partial charge < -0.3 is 15.0 Å². The molecule has 5 nitrogen and oxygen atoms in total. The van der Waals surface area contributed by atoms with Crippen LogP contribution in [0.1, 0.15) is 61.3 Å². The van der Waals surface area contributed by atoms with Gasteiger partial charge in [0, 0.05) is 37.3 Å². The normalized spacial score (nSPS) is 17.3. The van der Waals surface area contributed by atoms with E-state index in [1.54, 1.807) is 4.90 Å². The summed E-state index contributed by atoms with van der Waals surface area (Å²) in [5.41, 5.74) is -0.712. The van der Waals surface area contributed by atoms with E-state index in [-0.39, 0.29) is 11.6 Å². The Kier molecular flexibility index (Phi) is 6.90. The van der Waals surface area contributed by atoms with E-state index in [9.17, 15) is 4.79 Å². The molecule has 1 aliphatic carbocycles. The van der Waals surface area contributed by atoms with Gasteiger partial charge in [-0.3, -0.25) is 4.90 Å². The Bertz CT molecular complexity index is 381. The van der Waals surface area contributed by atoms with Crippen molar-refractivity contribution in [1.82, 2.24) is 15.1 Å². The third-order valence-corrected chi connectivity index (χ3v) is 4.19. The van der Waals surface area contributed by atoms with Gasteiger partial charge >= 0.3 is 6.09 Å². The molecule has 0 spiro atoms. The molecule has 1 aliphatic rings. The molecule has 23 heavy (non-hydrogen) atoms. The van der Waals surface area contributed by atoms with E-state index < -0.39 is 5.60 Å². The molecule has 0 bridgehead atoms. The number of amides is 1. The van der Waals surface area contributed by atoms with Gasteiger partial charge in [0.05, 0.1) is 0 Å². The van der Waals surface area contributed by atoms with Crippen molar-refractivity contribution in [2.24, 2.45) is 0 Å². The van der Waals surface area contributed by atoms with Crippen LogP contribution in [0.3, 0.4) is 0 Å². The molecule has 1 saturated carbocycles. The molecule has 0 heterocycles. The molecule has 1 fully saturated rings. The third kappa shape index (κ3) is 7.53. The van der Waals surface area contributed by atoms with Gasteiger partial charge in [-0.15, -0.1) is 0 Å². The van der Waals surface area contributed by atoms with E-state index >= 15 is 0 Å². The summed E-state index contributed by atoms with van der Waals surface area (Å²) in [5.74, 6) is 0. The van der Waals surface area contributed by atoms with Gasteiger partial charge in [-0.1, -0.05) is 0 Å². The van der Waals surface area contributed by atoms with E-state index in [2.05, 4.69) is 24.2 Å². The van der Waals surface area contributed by atoms with Crippen LogP contribution in [0.5, 0.6) is 0 Å². The quantitative estimate of drug-likeness (QED) is 0.730. The van der Waals surface area contributed by atoms with Crippen molar-refractivity contribution < 1.29 is 9.53 Å². The molecule has 0 aromatic heterocycles. The highest BCUT2D eigenvalue weighted by atomic mass is 16.6. The van der Waals surface area contributed by atoms with Gasteiger partial charge in [0.15, 0.2) is 0 Å². The largest absolute Gasteiger partial charge is 0.444 e. The molecule has 5 heteroatoms. The van der Waals surface area contributed by atoms with E-state index in [0.29, 0.717) is 12.6 Å². The number of rotatable bonds is 7. The van der Waals surface area contributed by atoms with Crippen LogP contribution >= 0.6 is 0 Å². The topological polar surface area (TPSA) is 44.8 Å². The Morgan fingerprint density at radius 3 is 2.22 bits per heavy atom. The minimum atomic E-state index is -0.463. The molecule has 136 valence electrons. The van der Waals surface area contributed by atoms with Gasteiger partial charge in [0.2, 0.25) is 0 Å². The summed E-state index contributed by atoms with van der Waals surface area (Å²) in [6.45, 7) is 16.5. The van der Waals surface area contributed by atoms with E-state index in [1.165, 1.54) is 12.8 Å². The summed E-state index contributed by atoms with van der Waals surface area (Å²) in [7, 11) is 2.20. The summed E-state index contributed by atoms with van der Waals surface area (Å²) in [6, 6.07) is 1.30. The fourth-order valence-corrected chi connectivity index (χ4v) is 2.51. The Hall–Kier alpha value is -0.810. The smallest absolute Gasteiger partial charge is 0.410 e. The van der Waals surface area contributed by atoms with Crippen LogP contribution in [0.2, 0.25) is 0 Å².